The highest BCUT2D eigenvalue weighted by atomic mass is 32.1. The lowest BCUT2D eigenvalue weighted by atomic mass is 10.1. The van der Waals surface area contributed by atoms with Gasteiger partial charge in [-0.3, -0.25) is 4.79 Å². The normalized spacial score (nSPS) is 11.8. The third kappa shape index (κ3) is 4.99. The molecule has 1 heterocycles. The van der Waals surface area contributed by atoms with Crippen LogP contribution in [0.2, 0.25) is 0 Å². The van der Waals surface area contributed by atoms with E-state index in [1.165, 1.54) is 11.3 Å². The van der Waals surface area contributed by atoms with Crippen LogP contribution in [0.5, 0.6) is 11.5 Å². The van der Waals surface area contributed by atoms with E-state index in [1.807, 2.05) is 41.9 Å². The van der Waals surface area contributed by atoms with Crippen LogP contribution in [-0.2, 0) is 0 Å². The van der Waals surface area contributed by atoms with E-state index in [1.54, 1.807) is 0 Å². The first-order valence-corrected chi connectivity index (χ1v) is 9.32. The monoisotopic (exact) mass is 347 g/mol. The van der Waals surface area contributed by atoms with Crippen molar-refractivity contribution in [1.82, 2.24) is 5.32 Å². The fraction of sp³-hybridized carbons (Fsp3) is 0.421. The van der Waals surface area contributed by atoms with E-state index in [2.05, 4.69) is 19.2 Å². The van der Waals surface area contributed by atoms with Gasteiger partial charge in [-0.2, -0.15) is 11.3 Å². The highest BCUT2D eigenvalue weighted by Gasteiger charge is 2.14. The summed E-state index contributed by atoms with van der Waals surface area (Å²) in [6.45, 7) is 7.41. The summed E-state index contributed by atoms with van der Waals surface area (Å²) >= 11 is 1.51. The summed E-state index contributed by atoms with van der Waals surface area (Å²) in [5.74, 6) is 1.43. The van der Waals surface area contributed by atoms with Crippen LogP contribution in [0, 0.1) is 0 Å². The molecule has 0 fully saturated rings. The molecular weight excluding hydrogens is 322 g/mol. The lowest BCUT2D eigenvalue weighted by Crippen LogP contribution is -2.26. The Bertz CT molecular complexity index is 640. The molecule has 1 N–H and O–H groups in total. The fourth-order valence-electron chi connectivity index (χ4n) is 2.21. The predicted octanol–water partition coefficient (Wildman–Crippen LogP) is 4.82. The molecule has 2 aromatic rings. The molecule has 2 rings (SSSR count). The third-order valence-corrected chi connectivity index (χ3v) is 4.21. The number of ether oxygens (including phenoxy) is 2. The number of rotatable bonds is 9. The zero-order valence-electron chi connectivity index (χ0n) is 14.5. The van der Waals surface area contributed by atoms with Gasteiger partial charge in [0.25, 0.3) is 5.91 Å². The molecule has 0 saturated heterocycles. The van der Waals surface area contributed by atoms with Gasteiger partial charge in [0.2, 0.25) is 0 Å². The summed E-state index contributed by atoms with van der Waals surface area (Å²) in [6.07, 6.45) is 1.88. The molecule has 0 bridgehead atoms. The van der Waals surface area contributed by atoms with Crippen LogP contribution in [0.15, 0.2) is 35.0 Å². The second-order valence-corrected chi connectivity index (χ2v) is 6.39. The first-order valence-electron chi connectivity index (χ1n) is 8.38. The van der Waals surface area contributed by atoms with Crippen LogP contribution in [0.1, 0.15) is 55.6 Å². The van der Waals surface area contributed by atoms with Crippen molar-refractivity contribution in [3.63, 3.8) is 0 Å². The quantitative estimate of drug-likeness (QED) is 0.707. The van der Waals surface area contributed by atoms with Crippen LogP contribution >= 0.6 is 11.3 Å². The van der Waals surface area contributed by atoms with E-state index in [-0.39, 0.29) is 11.9 Å². The molecule has 0 saturated carbocycles. The number of benzene rings is 1. The molecule has 24 heavy (non-hydrogen) atoms. The highest BCUT2D eigenvalue weighted by Crippen LogP contribution is 2.31. The van der Waals surface area contributed by atoms with Gasteiger partial charge in [-0.05, 0) is 48.9 Å². The van der Waals surface area contributed by atoms with Crippen molar-refractivity contribution in [1.29, 1.82) is 0 Å². The first-order chi connectivity index (χ1) is 11.7. The molecule has 1 atom stereocenters. The molecule has 0 spiro atoms. The Labute approximate surface area is 147 Å². The number of thiophene rings is 1. The van der Waals surface area contributed by atoms with E-state index in [9.17, 15) is 4.79 Å². The molecule has 0 aliphatic rings. The largest absolute Gasteiger partial charge is 0.490 e. The molecule has 1 aromatic carbocycles. The van der Waals surface area contributed by atoms with E-state index in [0.29, 0.717) is 18.8 Å². The Morgan fingerprint density at radius 1 is 1.12 bits per heavy atom. The summed E-state index contributed by atoms with van der Waals surface area (Å²) < 4.78 is 11.6. The number of nitrogens with one attached hydrogen (secondary N) is 1. The predicted molar refractivity (Wildman–Crippen MR) is 98.2 cm³/mol. The summed E-state index contributed by atoms with van der Waals surface area (Å²) in [7, 11) is 0. The minimum atomic E-state index is -0.110. The summed E-state index contributed by atoms with van der Waals surface area (Å²) in [5, 5.41) is 6.76. The maximum atomic E-state index is 12.2. The van der Waals surface area contributed by atoms with Crippen LogP contribution < -0.4 is 14.8 Å². The molecule has 5 heteroatoms. The molecule has 4 nitrogen and oxygen atoms in total. The van der Waals surface area contributed by atoms with Crippen LogP contribution in [0.25, 0.3) is 0 Å². The maximum absolute atomic E-state index is 12.2. The minimum Gasteiger partial charge on any atom is -0.490 e. The number of hydrogen-bond donors (Lipinski definition) is 1. The average molecular weight is 347 g/mol. The van der Waals surface area contributed by atoms with Crippen molar-refractivity contribution in [3.05, 3.63) is 46.2 Å². The number of amides is 1. The smallest absolute Gasteiger partial charge is 0.252 e. The summed E-state index contributed by atoms with van der Waals surface area (Å²) in [4.78, 5) is 12.2. The van der Waals surface area contributed by atoms with Crippen molar-refractivity contribution >= 4 is 17.2 Å². The molecule has 1 aromatic heterocycles. The van der Waals surface area contributed by atoms with Crippen LogP contribution in [-0.4, -0.2) is 19.1 Å². The maximum Gasteiger partial charge on any atom is 0.252 e. The molecule has 1 unspecified atom stereocenters. The lowest BCUT2D eigenvalue weighted by molar-refractivity contribution is 0.0940. The van der Waals surface area contributed by atoms with E-state index in [0.717, 1.165) is 29.9 Å². The third-order valence-electron chi connectivity index (χ3n) is 3.52. The van der Waals surface area contributed by atoms with Crippen molar-refractivity contribution < 1.29 is 14.3 Å². The molecule has 0 radical (unpaired) electrons. The Hall–Kier alpha value is -2.01. The second-order valence-electron chi connectivity index (χ2n) is 5.61. The van der Waals surface area contributed by atoms with Crippen molar-refractivity contribution in [2.75, 3.05) is 13.2 Å². The molecular formula is C19H25NO3S. The Balaban J connectivity index is 2.11. The Morgan fingerprint density at radius 3 is 2.46 bits per heavy atom. The summed E-state index contributed by atoms with van der Waals surface area (Å²) in [5.41, 5.74) is 1.69. The second kappa shape index (κ2) is 9.33. The highest BCUT2D eigenvalue weighted by molar-refractivity contribution is 7.08. The molecule has 1 amide bonds. The first kappa shape index (κ1) is 18.3. The van der Waals surface area contributed by atoms with E-state index >= 15 is 0 Å². The van der Waals surface area contributed by atoms with Crippen LogP contribution in [0.3, 0.4) is 0 Å². The van der Waals surface area contributed by atoms with E-state index in [4.69, 9.17) is 9.47 Å². The van der Waals surface area contributed by atoms with Gasteiger partial charge in [-0.15, -0.1) is 0 Å². The van der Waals surface area contributed by atoms with Gasteiger partial charge < -0.3 is 14.8 Å². The van der Waals surface area contributed by atoms with Gasteiger partial charge in [0, 0.05) is 5.38 Å². The molecule has 0 aliphatic heterocycles. The topological polar surface area (TPSA) is 47.6 Å². The van der Waals surface area contributed by atoms with Crippen LogP contribution in [0.4, 0.5) is 0 Å². The number of carbonyl (C=O) groups is 1. The average Bonchev–Trinajstić information content (AvgIpc) is 3.13. The van der Waals surface area contributed by atoms with Crippen molar-refractivity contribution in [3.8, 4) is 11.5 Å². The van der Waals surface area contributed by atoms with Crippen molar-refractivity contribution in [2.24, 2.45) is 0 Å². The van der Waals surface area contributed by atoms with Gasteiger partial charge in [-0.1, -0.05) is 19.9 Å². The van der Waals surface area contributed by atoms with Gasteiger partial charge >= 0.3 is 0 Å². The SMILES string of the molecule is CCCOc1ccc(C(C)NC(=O)c2ccsc2)cc1OCCC. The zero-order valence-corrected chi connectivity index (χ0v) is 15.3. The summed E-state index contributed by atoms with van der Waals surface area (Å²) in [6, 6.07) is 7.57. The molecule has 0 aliphatic carbocycles. The van der Waals surface area contributed by atoms with Gasteiger partial charge in [0.05, 0.1) is 24.8 Å². The van der Waals surface area contributed by atoms with Crippen molar-refractivity contribution in [2.45, 2.75) is 39.7 Å². The number of carbonyl (C=O) groups excluding carboxylic acids is 1. The van der Waals surface area contributed by atoms with Gasteiger partial charge in [-0.25, -0.2) is 0 Å². The zero-order chi connectivity index (χ0) is 17.4. The minimum absolute atomic E-state index is 0.0638. The standard InChI is InChI=1S/C19H25NO3S/c1-4-9-22-17-7-6-15(12-18(17)23-10-5-2)14(3)20-19(21)16-8-11-24-13-16/h6-8,11-14H,4-5,9-10H2,1-3H3,(H,20,21). The van der Waals surface area contributed by atoms with Gasteiger partial charge in [0.1, 0.15) is 0 Å². The Morgan fingerprint density at radius 2 is 1.83 bits per heavy atom. The Kier molecular flexibility index (Phi) is 7.12. The van der Waals surface area contributed by atoms with Gasteiger partial charge in [0.15, 0.2) is 11.5 Å². The lowest BCUT2D eigenvalue weighted by Gasteiger charge is -2.18. The number of hydrogen-bond acceptors (Lipinski definition) is 4. The van der Waals surface area contributed by atoms with E-state index < -0.39 is 0 Å². The molecule has 130 valence electrons. The fourth-order valence-corrected chi connectivity index (χ4v) is 2.84.